The number of unbranched alkanes of at least 4 members (excludes halogenated alkanes) is 1. The first kappa shape index (κ1) is 19.3. The van der Waals surface area contributed by atoms with Crippen LogP contribution in [0.25, 0.3) is 0 Å². The van der Waals surface area contributed by atoms with E-state index in [-0.39, 0.29) is 12.1 Å². The highest BCUT2D eigenvalue weighted by Gasteiger charge is 2.27. The highest BCUT2D eigenvalue weighted by molar-refractivity contribution is 5.68. The molecule has 0 aromatic heterocycles. The molecule has 1 saturated carbocycles. The Kier molecular flexibility index (Phi) is 8.23. The molecule has 0 spiro atoms. The Labute approximate surface area is 136 Å². The summed E-state index contributed by atoms with van der Waals surface area (Å²) < 4.78 is 5.42. The lowest BCUT2D eigenvalue weighted by molar-refractivity contribution is 0.0488. The molecule has 0 aliphatic heterocycles. The fourth-order valence-corrected chi connectivity index (χ4v) is 3.10. The molecular formula is C18H36N2O2. The van der Waals surface area contributed by atoms with Crippen LogP contribution >= 0.6 is 0 Å². The molecule has 1 aliphatic rings. The van der Waals surface area contributed by atoms with Crippen LogP contribution in [0, 0.1) is 0 Å². The van der Waals surface area contributed by atoms with Crippen LogP contribution in [-0.2, 0) is 4.74 Å². The van der Waals surface area contributed by atoms with Gasteiger partial charge >= 0.3 is 6.09 Å². The number of ether oxygens (including phenoxy) is 1. The third kappa shape index (κ3) is 8.02. The van der Waals surface area contributed by atoms with Gasteiger partial charge in [0.1, 0.15) is 5.60 Å². The maximum Gasteiger partial charge on any atom is 0.407 e. The summed E-state index contributed by atoms with van der Waals surface area (Å²) in [6.45, 7) is 10.2. The van der Waals surface area contributed by atoms with Crippen molar-refractivity contribution >= 4 is 6.09 Å². The molecule has 3 unspecified atom stereocenters. The number of carbonyl (C=O) groups is 1. The number of hydrogen-bond donors (Lipinski definition) is 2. The summed E-state index contributed by atoms with van der Waals surface area (Å²) in [5.74, 6) is 0. The fraction of sp³-hybridized carbons (Fsp3) is 0.944. The Hall–Kier alpha value is -0.770. The van der Waals surface area contributed by atoms with E-state index in [2.05, 4.69) is 24.5 Å². The van der Waals surface area contributed by atoms with Gasteiger partial charge in [-0.3, -0.25) is 0 Å². The molecule has 1 rings (SSSR count). The van der Waals surface area contributed by atoms with Crippen LogP contribution in [0.4, 0.5) is 4.79 Å². The van der Waals surface area contributed by atoms with Crippen LogP contribution in [0.2, 0.25) is 0 Å². The number of nitrogens with one attached hydrogen (secondary N) is 2. The molecule has 0 aromatic carbocycles. The molecule has 0 radical (unpaired) electrons. The van der Waals surface area contributed by atoms with Crippen molar-refractivity contribution in [3.8, 4) is 0 Å². The third-order valence-corrected chi connectivity index (χ3v) is 4.21. The highest BCUT2D eigenvalue weighted by atomic mass is 16.6. The smallest absolute Gasteiger partial charge is 0.407 e. The molecule has 1 fully saturated rings. The van der Waals surface area contributed by atoms with Crippen molar-refractivity contribution in [1.29, 1.82) is 0 Å². The van der Waals surface area contributed by atoms with E-state index >= 15 is 0 Å². The minimum Gasteiger partial charge on any atom is -0.444 e. The summed E-state index contributed by atoms with van der Waals surface area (Å²) >= 11 is 0. The molecule has 4 heteroatoms. The molecule has 0 saturated heterocycles. The summed E-state index contributed by atoms with van der Waals surface area (Å²) in [4.78, 5) is 12.1. The topological polar surface area (TPSA) is 50.4 Å². The SMILES string of the molecule is CCCCC(C)NC1CCCCCC1NC(=O)OC(C)(C)C. The monoisotopic (exact) mass is 312 g/mol. The van der Waals surface area contributed by atoms with Crippen molar-refractivity contribution < 1.29 is 9.53 Å². The number of alkyl carbamates (subject to hydrolysis) is 1. The number of amides is 1. The second kappa shape index (κ2) is 9.39. The summed E-state index contributed by atoms with van der Waals surface area (Å²) in [6, 6.07) is 1.05. The minimum atomic E-state index is -0.438. The number of rotatable bonds is 6. The van der Waals surface area contributed by atoms with Crippen LogP contribution in [0.3, 0.4) is 0 Å². The maximum atomic E-state index is 12.1. The largest absolute Gasteiger partial charge is 0.444 e. The lowest BCUT2D eigenvalue weighted by Crippen LogP contribution is -2.52. The van der Waals surface area contributed by atoms with Crippen molar-refractivity contribution in [2.45, 2.75) is 110 Å². The molecule has 4 nitrogen and oxygen atoms in total. The van der Waals surface area contributed by atoms with Crippen LogP contribution in [-0.4, -0.2) is 29.8 Å². The molecule has 1 amide bonds. The molecular weight excluding hydrogens is 276 g/mol. The molecule has 1 aliphatic carbocycles. The van der Waals surface area contributed by atoms with E-state index in [0.717, 1.165) is 12.8 Å². The molecule has 22 heavy (non-hydrogen) atoms. The lowest BCUT2D eigenvalue weighted by atomic mass is 10.0. The van der Waals surface area contributed by atoms with Crippen molar-refractivity contribution in [2.75, 3.05) is 0 Å². The van der Waals surface area contributed by atoms with Crippen molar-refractivity contribution in [3.05, 3.63) is 0 Å². The first-order valence-electron chi connectivity index (χ1n) is 9.07. The van der Waals surface area contributed by atoms with Crippen molar-refractivity contribution in [2.24, 2.45) is 0 Å². The first-order valence-corrected chi connectivity index (χ1v) is 9.07. The van der Waals surface area contributed by atoms with E-state index in [1.54, 1.807) is 0 Å². The molecule has 130 valence electrons. The fourth-order valence-electron chi connectivity index (χ4n) is 3.10. The zero-order valence-electron chi connectivity index (χ0n) is 15.2. The summed E-state index contributed by atoms with van der Waals surface area (Å²) in [6.07, 6.45) is 9.26. The molecule has 0 bridgehead atoms. The Morgan fingerprint density at radius 1 is 1.18 bits per heavy atom. The van der Waals surface area contributed by atoms with Gasteiger partial charge in [-0.25, -0.2) is 4.79 Å². The Morgan fingerprint density at radius 2 is 1.82 bits per heavy atom. The maximum absolute atomic E-state index is 12.1. The van der Waals surface area contributed by atoms with E-state index in [1.807, 2.05) is 20.8 Å². The summed E-state index contributed by atoms with van der Waals surface area (Å²) in [5.41, 5.74) is -0.438. The number of hydrogen-bond acceptors (Lipinski definition) is 3. The molecule has 0 heterocycles. The van der Waals surface area contributed by atoms with Crippen molar-refractivity contribution in [3.63, 3.8) is 0 Å². The second-order valence-corrected chi connectivity index (χ2v) is 7.71. The van der Waals surface area contributed by atoms with Crippen LogP contribution in [0.5, 0.6) is 0 Å². The lowest BCUT2D eigenvalue weighted by Gasteiger charge is -2.31. The van der Waals surface area contributed by atoms with Gasteiger partial charge < -0.3 is 15.4 Å². The predicted octanol–water partition coefficient (Wildman–Crippen LogP) is 4.38. The standard InChI is InChI=1S/C18H36N2O2/c1-6-7-11-14(2)19-15-12-9-8-10-13-16(15)20-17(21)22-18(3,4)5/h14-16,19H,6-13H2,1-5H3,(H,20,21). The van der Waals surface area contributed by atoms with Crippen LogP contribution in [0.1, 0.15) is 86.0 Å². The molecule has 0 aromatic rings. The van der Waals surface area contributed by atoms with Gasteiger partial charge in [0.2, 0.25) is 0 Å². The quantitative estimate of drug-likeness (QED) is 0.716. The van der Waals surface area contributed by atoms with Gasteiger partial charge in [0.25, 0.3) is 0 Å². The first-order chi connectivity index (χ1) is 10.3. The van der Waals surface area contributed by atoms with Gasteiger partial charge in [-0.1, -0.05) is 39.0 Å². The van der Waals surface area contributed by atoms with Gasteiger partial charge in [0.15, 0.2) is 0 Å². The summed E-state index contributed by atoms with van der Waals surface area (Å²) in [7, 11) is 0. The normalized spacial score (nSPS) is 24.4. The third-order valence-electron chi connectivity index (χ3n) is 4.21. The van der Waals surface area contributed by atoms with Gasteiger partial charge in [-0.05, 0) is 47.0 Å². The summed E-state index contributed by atoms with van der Waals surface area (Å²) in [5, 5.41) is 6.84. The van der Waals surface area contributed by atoms with Crippen molar-refractivity contribution in [1.82, 2.24) is 10.6 Å². The van der Waals surface area contributed by atoms with E-state index in [1.165, 1.54) is 38.5 Å². The van der Waals surface area contributed by atoms with Gasteiger partial charge in [0.05, 0.1) is 0 Å². The van der Waals surface area contributed by atoms with Crippen LogP contribution in [0.15, 0.2) is 0 Å². The van der Waals surface area contributed by atoms with Gasteiger partial charge in [0, 0.05) is 18.1 Å². The van der Waals surface area contributed by atoms with Gasteiger partial charge in [-0.15, -0.1) is 0 Å². The van der Waals surface area contributed by atoms with E-state index < -0.39 is 5.60 Å². The zero-order valence-corrected chi connectivity index (χ0v) is 15.2. The molecule has 2 N–H and O–H groups in total. The molecule has 3 atom stereocenters. The Bertz CT molecular complexity index is 326. The average Bonchev–Trinajstić information content (AvgIpc) is 2.60. The predicted molar refractivity (Wildman–Crippen MR) is 92.2 cm³/mol. The van der Waals surface area contributed by atoms with Crippen LogP contribution < -0.4 is 10.6 Å². The average molecular weight is 312 g/mol. The van der Waals surface area contributed by atoms with E-state index in [4.69, 9.17) is 4.74 Å². The van der Waals surface area contributed by atoms with Gasteiger partial charge in [-0.2, -0.15) is 0 Å². The Morgan fingerprint density at radius 3 is 2.41 bits per heavy atom. The highest BCUT2D eigenvalue weighted by Crippen LogP contribution is 2.20. The zero-order chi connectivity index (χ0) is 16.6. The Balaban J connectivity index is 2.56. The second-order valence-electron chi connectivity index (χ2n) is 7.71. The number of carbonyl (C=O) groups excluding carboxylic acids is 1. The van der Waals surface area contributed by atoms with E-state index in [0.29, 0.717) is 12.1 Å². The minimum absolute atomic E-state index is 0.182. The van der Waals surface area contributed by atoms with E-state index in [9.17, 15) is 4.79 Å².